The van der Waals surface area contributed by atoms with Crippen molar-refractivity contribution in [3.8, 4) is 5.00 Å². The molecule has 4 rings (SSSR count). The van der Waals surface area contributed by atoms with Crippen molar-refractivity contribution in [2.75, 3.05) is 0 Å². The predicted octanol–water partition coefficient (Wildman–Crippen LogP) is 4.32. The van der Waals surface area contributed by atoms with Crippen LogP contribution in [0.4, 0.5) is 0 Å². The van der Waals surface area contributed by atoms with Gasteiger partial charge in [-0.25, -0.2) is 0 Å². The molecular formula is C18H15ClN4OS. The number of benzene rings is 1. The van der Waals surface area contributed by atoms with Gasteiger partial charge in [0.25, 0.3) is 0 Å². The van der Waals surface area contributed by atoms with Crippen LogP contribution >= 0.6 is 22.9 Å². The summed E-state index contributed by atoms with van der Waals surface area (Å²) in [6.45, 7) is 5.87. The van der Waals surface area contributed by atoms with E-state index in [4.69, 9.17) is 16.6 Å². The zero-order chi connectivity index (χ0) is 17.7. The SMILES string of the molecule is Cc1c(C=O)sc2c1C(c1ccc(Cl)cc1)=N[C@@H](C)c1nnc(C)n1-2. The van der Waals surface area contributed by atoms with Gasteiger partial charge in [0.05, 0.1) is 10.6 Å². The zero-order valence-electron chi connectivity index (χ0n) is 13.9. The Bertz CT molecular complexity index is 1020. The molecular weight excluding hydrogens is 356 g/mol. The number of aryl methyl sites for hydroxylation is 1. The van der Waals surface area contributed by atoms with Crippen LogP contribution in [0.15, 0.2) is 29.3 Å². The van der Waals surface area contributed by atoms with Crippen LogP contribution in [0.3, 0.4) is 0 Å². The Balaban J connectivity index is 2.06. The Kier molecular flexibility index (Phi) is 3.81. The number of rotatable bonds is 2. The lowest BCUT2D eigenvalue weighted by Gasteiger charge is -2.09. The normalized spacial score (nSPS) is 16.0. The third-order valence-corrected chi connectivity index (χ3v) is 5.83. The van der Waals surface area contributed by atoms with Gasteiger partial charge in [0.15, 0.2) is 12.1 Å². The van der Waals surface area contributed by atoms with Gasteiger partial charge >= 0.3 is 0 Å². The molecule has 7 heteroatoms. The third-order valence-electron chi connectivity index (χ3n) is 4.38. The highest BCUT2D eigenvalue weighted by atomic mass is 35.5. The van der Waals surface area contributed by atoms with E-state index in [9.17, 15) is 4.79 Å². The fourth-order valence-corrected chi connectivity index (χ4v) is 4.41. The standard InChI is InChI=1S/C18H15ClN4OS/c1-9-14(8-24)25-18-15(9)16(12-4-6-13(19)7-5-12)20-10(2)17-22-21-11(3)23(17)18/h4-8,10H,1-3H3/t10-/m0/s1. The summed E-state index contributed by atoms with van der Waals surface area (Å²) in [5.74, 6) is 1.57. The molecule has 5 nitrogen and oxygen atoms in total. The molecule has 25 heavy (non-hydrogen) atoms. The third kappa shape index (κ3) is 2.44. The molecule has 3 aromatic rings. The summed E-state index contributed by atoms with van der Waals surface area (Å²) in [7, 11) is 0. The van der Waals surface area contributed by atoms with E-state index in [-0.39, 0.29) is 6.04 Å². The lowest BCUT2D eigenvalue weighted by Crippen LogP contribution is -2.07. The second-order valence-corrected chi connectivity index (χ2v) is 7.46. The van der Waals surface area contributed by atoms with E-state index in [0.717, 1.165) is 45.3 Å². The first kappa shape index (κ1) is 16.2. The lowest BCUT2D eigenvalue weighted by atomic mass is 10.00. The van der Waals surface area contributed by atoms with Crippen LogP contribution in [0.2, 0.25) is 5.02 Å². The number of fused-ring (bicyclic) bond motifs is 3. The maximum atomic E-state index is 11.5. The van der Waals surface area contributed by atoms with Gasteiger partial charge in [-0.05, 0) is 38.5 Å². The van der Waals surface area contributed by atoms with E-state index >= 15 is 0 Å². The van der Waals surface area contributed by atoms with Crippen LogP contribution in [0.1, 0.15) is 51.0 Å². The van der Waals surface area contributed by atoms with E-state index in [1.165, 1.54) is 11.3 Å². The van der Waals surface area contributed by atoms with Crippen molar-refractivity contribution in [3.05, 3.63) is 62.5 Å². The van der Waals surface area contributed by atoms with Crippen LogP contribution in [0.25, 0.3) is 5.00 Å². The molecule has 1 atom stereocenters. The van der Waals surface area contributed by atoms with Crippen LogP contribution in [-0.2, 0) is 0 Å². The molecule has 3 heterocycles. The summed E-state index contributed by atoms with van der Waals surface area (Å²) in [5.41, 5.74) is 3.71. The van der Waals surface area contributed by atoms with Gasteiger partial charge in [-0.15, -0.1) is 21.5 Å². The molecule has 0 amide bonds. The zero-order valence-corrected chi connectivity index (χ0v) is 15.5. The fourth-order valence-electron chi connectivity index (χ4n) is 3.11. The van der Waals surface area contributed by atoms with Crippen molar-refractivity contribution in [2.24, 2.45) is 4.99 Å². The van der Waals surface area contributed by atoms with Gasteiger partial charge in [-0.3, -0.25) is 14.4 Å². The number of aromatic nitrogens is 3. The summed E-state index contributed by atoms with van der Waals surface area (Å²) in [6, 6.07) is 7.46. The van der Waals surface area contributed by atoms with Gasteiger partial charge < -0.3 is 0 Å². The van der Waals surface area contributed by atoms with E-state index in [0.29, 0.717) is 9.90 Å². The maximum Gasteiger partial charge on any atom is 0.162 e. The van der Waals surface area contributed by atoms with Gasteiger partial charge in [-0.1, -0.05) is 23.7 Å². The molecule has 0 aliphatic carbocycles. The summed E-state index contributed by atoms with van der Waals surface area (Å²) < 4.78 is 2.01. The number of aldehydes is 1. The lowest BCUT2D eigenvalue weighted by molar-refractivity contribution is 0.112. The highest BCUT2D eigenvalue weighted by molar-refractivity contribution is 7.16. The minimum Gasteiger partial charge on any atom is -0.297 e. The number of nitrogens with zero attached hydrogens (tertiary/aromatic N) is 4. The Morgan fingerprint density at radius 1 is 1.20 bits per heavy atom. The Labute approximate surface area is 154 Å². The fraction of sp³-hybridized carbons (Fsp3) is 0.222. The van der Waals surface area contributed by atoms with Crippen LogP contribution in [-0.4, -0.2) is 26.8 Å². The van der Waals surface area contributed by atoms with Crippen molar-refractivity contribution in [3.63, 3.8) is 0 Å². The first-order chi connectivity index (χ1) is 12.0. The Morgan fingerprint density at radius 2 is 1.92 bits per heavy atom. The van der Waals surface area contributed by atoms with Crippen LogP contribution in [0, 0.1) is 13.8 Å². The molecule has 126 valence electrons. The molecule has 1 aromatic carbocycles. The average Bonchev–Trinajstić information content (AvgIpc) is 3.09. The molecule has 0 saturated carbocycles. The number of hydrogen-bond donors (Lipinski definition) is 0. The summed E-state index contributed by atoms with van der Waals surface area (Å²) in [4.78, 5) is 17.1. The monoisotopic (exact) mass is 370 g/mol. The van der Waals surface area contributed by atoms with Crippen LogP contribution in [0.5, 0.6) is 0 Å². The molecule has 0 saturated heterocycles. The quantitative estimate of drug-likeness (QED) is 0.631. The van der Waals surface area contributed by atoms with E-state index < -0.39 is 0 Å². The number of carbonyl (C=O) groups excluding carboxylic acids is 1. The molecule has 2 aromatic heterocycles. The second kappa shape index (κ2) is 5.89. The number of aliphatic imine (C=N–C) groups is 1. The largest absolute Gasteiger partial charge is 0.297 e. The predicted molar refractivity (Wildman–Crippen MR) is 99.6 cm³/mol. The second-order valence-electron chi connectivity index (χ2n) is 5.99. The number of thiophene rings is 1. The smallest absolute Gasteiger partial charge is 0.162 e. The summed E-state index contributed by atoms with van der Waals surface area (Å²) >= 11 is 7.49. The number of carbonyl (C=O) groups is 1. The first-order valence-corrected chi connectivity index (χ1v) is 9.05. The van der Waals surface area contributed by atoms with Crippen molar-refractivity contribution in [1.82, 2.24) is 14.8 Å². The highest BCUT2D eigenvalue weighted by Gasteiger charge is 2.29. The van der Waals surface area contributed by atoms with Crippen molar-refractivity contribution in [1.29, 1.82) is 0 Å². The summed E-state index contributed by atoms with van der Waals surface area (Å²) in [5, 5.41) is 10.1. The maximum absolute atomic E-state index is 11.5. The van der Waals surface area contributed by atoms with Gasteiger partial charge in [-0.2, -0.15) is 0 Å². The van der Waals surface area contributed by atoms with Gasteiger partial charge in [0.1, 0.15) is 16.9 Å². The highest BCUT2D eigenvalue weighted by Crippen LogP contribution is 2.38. The Morgan fingerprint density at radius 3 is 2.60 bits per heavy atom. The van der Waals surface area contributed by atoms with Gasteiger partial charge in [0, 0.05) is 16.1 Å². The molecule has 1 aliphatic heterocycles. The molecule has 1 aliphatic rings. The Hall–Kier alpha value is -2.31. The number of halogens is 1. The van der Waals surface area contributed by atoms with E-state index in [2.05, 4.69) is 10.2 Å². The van der Waals surface area contributed by atoms with E-state index in [1.54, 1.807) is 0 Å². The molecule has 0 N–H and O–H groups in total. The number of hydrogen-bond acceptors (Lipinski definition) is 5. The average molecular weight is 371 g/mol. The van der Waals surface area contributed by atoms with Crippen LogP contribution < -0.4 is 0 Å². The minimum atomic E-state index is -0.148. The van der Waals surface area contributed by atoms with Crippen molar-refractivity contribution < 1.29 is 4.79 Å². The van der Waals surface area contributed by atoms with E-state index in [1.807, 2.05) is 49.6 Å². The molecule has 0 radical (unpaired) electrons. The van der Waals surface area contributed by atoms with Gasteiger partial charge in [0.2, 0.25) is 0 Å². The summed E-state index contributed by atoms with van der Waals surface area (Å²) in [6.07, 6.45) is 0.900. The topological polar surface area (TPSA) is 60.1 Å². The molecule has 0 fully saturated rings. The molecule has 0 spiro atoms. The van der Waals surface area contributed by atoms with Crippen molar-refractivity contribution >= 4 is 34.9 Å². The minimum absolute atomic E-state index is 0.148. The molecule has 0 unspecified atom stereocenters. The first-order valence-electron chi connectivity index (χ1n) is 7.86. The molecule has 0 bridgehead atoms. The van der Waals surface area contributed by atoms with Crippen molar-refractivity contribution in [2.45, 2.75) is 26.8 Å².